The molecule has 0 aliphatic carbocycles. The molecule has 2 aliphatic rings. The molecule has 0 radical (unpaired) electrons. The normalized spacial score (nSPS) is 29.5. The number of hydrogen-bond donors (Lipinski definition) is 1. The monoisotopic (exact) mass is 206 g/mol. The summed E-state index contributed by atoms with van der Waals surface area (Å²) in [5.41, 5.74) is 0.673. The van der Waals surface area contributed by atoms with Crippen molar-refractivity contribution in [3.63, 3.8) is 0 Å². The van der Waals surface area contributed by atoms with Gasteiger partial charge in [-0.25, -0.2) is 0 Å². The van der Waals surface area contributed by atoms with Gasteiger partial charge in [-0.1, -0.05) is 0 Å². The van der Waals surface area contributed by atoms with Crippen LogP contribution in [0.1, 0.15) is 16.8 Å². The van der Waals surface area contributed by atoms with Gasteiger partial charge in [0.15, 0.2) is 0 Å². The Morgan fingerprint density at radius 2 is 2.53 bits per heavy atom. The van der Waals surface area contributed by atoms with Crippen molar-refractivity contribution in [1.29, 1.82) is 0 Å². The Balaban J connectivity index is 1.72. The largest absolute Gasteiger partial charge is 0.472 e. The summed E-state index contributed by atoms with van der Waals surface area (Å²) in [5, 5.41) is 3.35. The first-order valence-electron chi connectivity index (χ1n) is 5.40. The zero-order chi connectivity index (χ0) is 10.3. The molecular formula is C11H14N2O2. The summed E-state index contributed by atoms with van der Waals surface area (Å²) in [6, 6.07) is 2.19. The quantitative estimate of drug-likeness (QED) is 0.736. The summed E-state index contributed by atoms with van der Waals surface area (Å²) in [6.45, 7) is 2.97. The van der Waals surface area contributed by atoms with E-state index in [1.54, 1.807) is 12.3 Å². The van der Waals surface area contributed by atoms with Crippen LogP contribution in [-0.2, 0) is 0 Å². The van der Waals surface area contributed by atoms with Gasteiger partial charge >= 0.3 is 0 Å². The number of fused-ring (bicyclic) bond motifs is 1. The van der Waals surface area contributed by atoms with Crippen molar-refractivity contribution < 1.29 is 9.21 Å². The van der Waals surface area contributed by atoms with Crippen LogP contribution in [0.3, 0.4) is 0 Å². The standard InChI is InChI=1S/C11H14N2O2/c14-11(8-2-4-15-7-8)13-6-9-5-12-3-1-10(9)13/h2,4,7,9-10,12H,1,3,5-6H2. The number of likely N-dealkylation sites (tertiary alicyclic amines) is 1. The van der Waals surface area contributed by atoms with Crippen LogP contribution < -0.4 is 5.32 Å². The van der Waals surface area contributed by atoms with Crippen LogP contribution in [0, 0.1) is 5.92 Å². The van der Waals surface area contributed by atoms with Gasteiger partial charge in [0.1, 0.15) is 6.26 Å². The Labute approximate surface area is 88.2 Å². The van der Waals surface area contributed by atoms with Gasteiger partial charge in [0.05, 0.1) is 11.8 Å². The fraction of sp³-hybridized carbons (Fsp3) is 0.545. The number of nitrogens with zero attached hydrogens (tertiary/aromatic N) is 1. The fourth-order valence-corrected chi connectivity index (χ4v) is 2.54. The van der Waals surface area contributed by atoms with E-state index in [1.807, 2.05) is 4.90 Å². The molecule has 2 atom stereocenters. The van der Waals surface area contributed by atoms with Gasteiger partial charge in [-0.15, -0.1) is 0 Å². The van der Waals surface area contributed by atoms with Gasteiger partial charge < -0.3 is 14.6 Å². The fourth-order valence-electron chi connectivity index (χ4n) is 2.54. The van der Waals surface area contributed by atoms with Gasteiger partial charge in [0.2, 0.25) is 0 Å². The van der Waals surface area contributed by atoms with Crippen molar-refractivity contribution in [1.82, 2.24) is 10.2 Å². The average Bonchev–Trinajstić information content (AvgIpc) is 2.72. The Bertz CT molecular complexity index is 361. The molecule has 4 heteroatoms. The third-order valence-electron chi connectivity index (χ3n) is 3.43. The highest BCUT2D eigenvalue weighted by Crippen LogP contribution is 2.30. The zero-order valence-corrected chi connectivity index (χ0v) is 8.48. The molecule has 1 N–H and O–H groups in total. The second kappa shape index (κ2) is 3.38. The zero-order valence-electron chi connectivity index (χ0n) is 8.48. The van der Waals surface area contributed by atoms with E-state index in [9.17, 15) is 4.79 Å². The van der Waals surface area contributed by atoms with E-state index in [1.165, 1.54) is 6.26 Å². The van der Waals surface area contributed by atoms with Crippen molar-refractivity contribution in [3.8, 4) is 0 Å². The van der Waals surface area contributed by atoms with Crippen LogP contribution in [0.2, 0.25) is 0 Å². The Kier molecular flexibility index (Phi) is 2.02. The van der Waals surface area contributed by atoms with Gasteiger partial charge in [-0.3, -0.25) is 4.79 Å². The SMILES string of the molecule is O=C(c1ccoc1)N1CC2CNCCC21. The molecule has 2 fully saturated rings. The van der Waals surface area contributed by atoms with Crippen LogP contribution in [0.5, 0.6) is 0 Å². The molecule has 4 nitrogen and oxygen atoms in total. The molecular weight excluding hydrogens is 192 g/mol. The minimum atomic E-state index is 0.118. The Morgan fingerprint density at radius 3 is 3.27 bits per heavy atom. The molecule has 80 valence electrons. The van der Waals surface area contributed by atoms with Crippen molar-refractivity contribution in [2.75, 3.05) is 19.6 Å². The number of nitrogens with one attached hydrogen (secondary N) is 1. The average molecular weight is 206 g/mol. The lowest BCUT2D eigenvalue weighted by Crippen LogP contribution is -2.64. The topological polar surface area (TPSA) is 45.5 Å². The Morgan fingerprint density at radius 1 is 1.60 bits per heavy atom. The van der Waals surface area contributed by atoms with E-state index in [0.717, 1.165) is 26.1 Å². The summed E-state index contributed by atoms with van der Waals surface area (Å²) in [6.07, 6.45) is 4.15. The first-order chi connectivity index (χ1) is 7.36. The molecule has 1 aromatic rings. The maximum absolute atomic E-state index is 12.0. The van der Waals surface area contributed by atoms with E-state index < -0.39 is 0 Å². The number of carbonyl (C=O) groups excluding carboxylic acids is 1. The molecule has 2 aliphatic heterocycles. The van der Waals surface area contributed by atoms with E-state index >= 15 is 0 Å². The summed E-state index contributed by atoms with van der Waals surface area (Å²) < 4.78 is 4.93. The first kappa shape index (κ1) is 8.97. The minimum Gasteiger partial charge on any atom is -0.472 e. The molecule has 15 heavy (non-hydrogen) atoms. The summed E-state index contributed by atoms with van der Waals surface area (Å²) in [5.74, 6) is 0.779. The molecule has 0 aromatic carbocycles. The molecule has 0 spiro atoms. The predicted octanol–water partition coefficient (Wildman–Crippen LogP) is 0.714. The highest BCUT2D eigenvalue weighted by Gasteiger charge is 2.43. The smallest absolute Gasteiger partial charge is 0.257 e. The number of amides is 1. The van der Waals surface area contributed by atoms with Crippen molar-refractivity contribution in [2.24, 2.45) is 5.92 Å². The lowest BCUT2D eigenvalue weighted by molar-refractivity contribution is 0.00243. The minimum absolute atomic E-state index is 0.118. The molecule has 3 heterocycles. The number of piperidine rings is 1. The lowest BCUT2D eigenvalue weighted by Gasteiger charge is -2.50. The molecule has 2 unspecified atom stereocenters. The highest BCUT2D eigenvalue weighted by atomic mass is 16.3. The molecule has 1 aromatic heterocycles. The van der Waals surface area contributed by atoms with Crippen LogP contribution in [0.15, 0.2) is 23.0 Å². The molecule has 2 saturated heterocycles. The van der Waals surface area contributed by atoms with Crippen molar-refractivity contribution in [2.45, 2.75) is 12.5 Å². The number of furan rings is 1. The molecule has 0 saturated carbocycles. The van der Waals surface area contributed by atoms with Crippen LogP contribution >= 0.6 is 0 Å². The van der Waals surface area contributed by atoms with Gasteiger partial charge in [-0.2, -0.15) is 0 Å². The summed E-state index contributed by atoms with van der Waals surface area (Å²) in [4.78, 5) is 14.0. The maximum Gasteiger partial charge on any atom is 0.257 e. The van der Waals surface area contributed by atoms with E-state index in [2.05, 4.69) is 5.32 Å². The van der Waals surface area contributed by atoms with Gasteiger partial charge in [0.25, 0.3) is 5.91 Å². The highest BCUT2D eigenvalue weighted by molar-refractivity contribution is 5.94. The maximum atomic E-state index is 12.0. The third kappa shape index (κ3) is 1.36. The molecule has 3 rings (SSSR count). The van der Waals surface area contributed by atoms with E-state index in [0.29, 0.717) is 17.5 Å². The van der Waals surface area contributed by atoms with E-state index in [4.69, 9.17) is 4.42 Å². The second-order valence-corrected chi connectivity index (χ2v) is 4.29. The van der Waals surface area contributed by atoms with Crippen LogP contribution in [0.25, 0.3) is 0 Å². The van der Waals surface area contributed by atoms with Gasteiger partial charge in [-0.05, 0) is 19.0 Å². The number of carbonyl (C=O) groups is 1. The lowest BCUT2D eigenvalue weighted by atomic mass is 9.83. The van der Waals surface area contributed by atoms with Crippen molar-refractivity contribution >= 4 is 5.91 Å². The van der Waals surface area contributed by atoms with Gasteiger partial charge in [0, 0.05) is 25.0 Å². The Hall–Kier alpha value is -1.29. The number of rotatable bonds is 1. The number of hydrogen-bond acceptors (Lipinski definition) is 3. The third-order valence-corrected chi connectivity index (χ3v) is 3.43. The van der Waals surface area contributed by atoms with Crippen molar-refractivity contribution in [3.05, 3.63) is 24.2 Å². The van der Waals surface area contributed by atoms with Crippen LogP contribution in [-0.4, -0.2) is 36.5 Å². The van der Waals surface area contributed by atoms with E-state index in [-0.39, 0.29) is 5.91 Å². The summed E-state index contributed by atoms with van der Waals surface area (Å²) in [7, 11) is 0. The predicted molar refractivity (Wildman–Crippen MR) is 54.5 cm³/mol. The molecule has 0 bridgehead atoms. The second-order valence-electron chi connectivity index (χ2n) is 4.29. The van der Waals surface area contributed by atoms with Crippen LogP contribution in [0.4, 0.5) is 0 Å². The first-order valence-corrected chi connectivity index (χ1v) is 5.40. The molecule has 1 amide bonds. The summed E-state index contributed by atoms with van der Waals surface area (Å²) >= 11 is 0.